The Bertz CT molecular complexity index is 1010. The molecule has 1 aliphatic heterocycles. The van der Waals surface area contributed by atoms with Crippen LogP contribution in [0.15, 0.2) is 38.5 Å². The van der Waals surface area contributed by atoms with Crippen LogP contribution in [-0.2, 0) is 10.0 Å². The molecule has 1 saturated heterocycles. The lowest BCUT2D eigenvalue weighted by atomic mass is 10.1. The number of sulfonamides is 1. The molecule has 1 atom stereocenters. The lowest BCUT2D eigenvalue weighted by Crippen LogP contribution is -2.29. The van der Waals surface area contributed by atoms with Crippen LogP contribution in [0.1, 0.15) is 29.6 Å². The normalized spacial score (nSPS) is 18.5. The Hall–Kier alpha value is -2.59. The van der Waals surface area contributed by atoms with Gasteiger partial charge in [-0.1, -0.05) is 10.3 Å². The summed E-state index contributed by atoms with van der Waals surface area (Å²) < 4.78 is 37.5. The molecule has 0 amide bonds. The Morgan fingerprint density at radius 1 is 1.15 bits per heavy atom. The Labute approximate surface area is 150 Å². The van der Waals surface area contributed by atoms with Gasteiger partial charge in [0.2, 0.25) is 10.0 Å². The van der Waals surface area contributed by atoms with Crippen LogP contribution < -0.4 is 0 Å². The van der Waals surface area contributed by atoms with Gasteiger partial charge in [0.1, 0.15) is 10.6 Å². The zero-order valence-corrected chi connectivity index (χ0v) is 15.1. The number of aryl methyl sites for hydroxylation is 2. The highest BCUT2D eigenvalue weighted by Gasteiger charge is 2.38. The van der Waals surface area contributed by atoms with Crippen LogP contribution in [0.2, 0.25) is 0 Å². The molecule has 0 spiro atoms. The number of nitrogens with zero attached hydrogens (tertiary/aromatic N) is 5. The number of hydrogen-bond acceptors (Lipinski definition) is 8. The fourth-order valence-electron chi connectivity index (χ4n) is 3.14. The summed E-state index contributed by atoms with van der Waals surface area (Å²) in [6.45, 7) is 3.90. The molecule has 3 aromatic heterocycles. The SMILES string of the molecule is Cc1noc(C)c1S(=O)(=O)N1CC[C@H](c2noc(-c3ccncc3)n2)C1. The highest BCUT2D eigenvalue weighted by molar-refractivity contribution is 7.89. The van der Waals surface area contributed by atoms with Gasteiger partial charge in [-0.2, -0.15) is 9.29 Å². The number of aromatic nitrogens is 4. The summed E-state index contributed by atoms with van der Waals surface area (Å²) in [6.07, 6.45) is 3.91. The van der Waals surface area contributed by atoms with Gasteiger partial charge in [0, 0.05) is 37.0 Å². The first-order valence-electron chi connectivity index (χ1n) is 8.14. The number of rotatable bonds is 4. The Morgan fingerprint density at radius 2 is 1.92 bits per heavy atom. The topological polar surface area (TPSA) is 115 Å². The quantitative estimate of drug-likeness (QED) is 0.679. The molecule has 10 heteroatoms. The zero-order chi connectivity index (χ0) is 18.3. The van der Waals surface area contributed by atoms with E-state index in [4.69, 9.17) is 9.05 Å². The van der Waals surface area contributed by atoms with Gasteiger partial charge in [-0.25, -0.2) is 8.42 Å². The van der Waals surface area contributed by atoms with Gasteiger partial charge in [-0.3, -0.25) is 4.98 Å². The largest absolute Gasteiger partial charge is 0.360 e. The van der Waals surface area contributed by atoms with Crippen molar-refractivity contribution < 1.29 is 17.5 Å². The second kappa shape index (κ2) is 6.29. The van der Waals surface area contributed by atoms with E-state index < -0.39 is 10.0 Å². The third-order valence-corrected chi connectivity index (χ3v) is 6.56. The molecule has 4 heterocycles. The van der Waals surface area contributed by atoms with E-state index in [1.165, 1.54) is 4.31 Å². The van der Waals surface area contributed by atoms with E-state index in [0.29, 0.717) is 42.7 Å². The molecule has 3 aromatic rings. The van der Waals surface area contributed by atoms with Crippen LogP contribution in [0.5, 0.6) is 0 Å². The maximum absolute atomic E-state index is 12.9. The molecule has 9 nitrogen and oxygen atoms in total. The van der Waals surface area contributed by atoms with Gasteiger partial charge in [0.05, 0.1) is 0 Å². The molecule has 0 N–H and O–H groups in total. The highest BCUT2D eigenvalue weighted by atomic mass is 32.2. The molecule has 1 aliphatic rings. The fraction of sp³-hybridized carbons (Fsp3) is 0.375. The monoisotopic (exact) mass is 375 g/mol. The van der Waals surface area contributed by atoms with Crippen LogP contribution in [-0.4, -0.2) is 46.1 Å². The fourth-order valence-corrected chi connectivity index (χ4v) is 4.93. The van der Waals surface area contributed by atoms with E-state index in [-0.39, 0.29) is 10.8 Å². The van der Waals surface area contributed by atoms with Crippen molar-refractivity contribution >= 4 is 10.0 Å². The van der Waals surface area contributed by atoms with Crippen molar-refractivity contribution in [2.24, 2.45) is 0 Å². The highest BCUT2D eigenvalue weighted by Crippen LogP contribution is 2.32. The molecule has 0 aliphatic carbocycles. The predicted octanol–water partition coefficient (Wildman–Crippen LogP) is 1.91. The first-order chi connectivity index (χ1) is 12.5. The van der Waals surface area contributed by atoms with Crippen molar-refractivity contribution in [1.82, 2.24) is 24.6 Å². The second-order valence-corrected chi connectivity index (χ2v) is 8.07. The van der Waals surface area contributed by atoms with Crippen LogP contribution in [0.4, 0.5) is 0 Å². The summed E-state index contributed by atoms with van der Waals surface area (Å²) in [5.74, 6) is 1.08. The van der Waals surface area contributed by atoms with E-state index in [2.05, 4.69) is 20.3 Å². The number of hydrogen-bond donors (Lipinski definition) is 0. The van der Waals surface area contributed by atoms with Crippen molar-refractivity contribution in [2.75, 3.05) is 13.1 Å². The first-order valence-corrected chi connectivity index (χ1v) is 9.58. The minimum Gasteiger partial charge on any atom is -0.360 e. The van der Waals surface area contributed by atoms with Crippen molar-refractivity contribution in [3.8, 4) is 11.5 Å². The van der Waals surface area contributed by atoms with Gasteiger partial charge in [0.15, 0.2) is 11.6 Å². The summed E-state index contributed by atoms with van der Waals surface area (Å²) in [5.41, 5.74) is 1.14. The second-order valence-electron chi connectivity index (χ2n) is 6.20. The van der Waals surface area contributed by atoms with Gasteiger partial charge in [0.25, 0.3) is 5.89 Å². The summed E-state index contributed by atoms with van der Waals surface area (Å²) in [7, 11) is -3.66. The molecule has 4 rings (SSSR count). The van der Waals surface area contributed by atoms with Crippen molar-refractivity contribution in [1.29, 1.82) is 0 Å². The van der Waals surface area contributed by atoms with E-state index >= 15 is 0 Å². The lowest BCUT2D eigenvalue weighted by Gasteiger charge is -2.15. The van der Waals surface area contributed by atoms with Crippen molar-refractivity contribution in [3.05, 3.63) is 41.8 Å². The lowest BCUT2D eigenvalue weighted by molar-refractivity contribution is 0.389. The standard InChI is InChI=1S/C16H17N5O4S/c1-10-14(11(2)24-19-10)26(22,23)21-8-5-13(9-21)15-18-16(25-20-15)12-3-6-17-7-4-12/h3-4,6-7,13H,5,8-9H2,1-2H3/t13-/m0/s1. The molecule has 0 aromatic carbocycles. The third kappa shape index (κ3) is 2.80. The smallest absolute Gasteiger partial charge is 0.258 e. The minimum atomic E-state index is -3.66. The molecule has 1 fully saturated rings. The van der Waals surface area contributed by atoms with Crippen LogP contribution in [0.3, 0.4) is 0 Å². The minimum absolute atomic E-state index is 0.121. The van der Waals surface area contributed by atoms with Crippen molar-refractivity contribution in [2.45, 2.75) is 31.1 Å². The van der Waals surface area contributed by atoms with E-state index in [9.17, 15) is 8.42 Å². The van der Waals surface area contributed by atoms with Gasteiger partial charge in [-0.05, 0) is 32.4 Å². The maximum Gasteiger partial charge on any atom is 0.258 e. The third-order valence-electron chi connectivity index (χ3n) is 4.45. The molecule has 0 unspecified atom stereocenters. The van der Waals surface area contributed by atoms with E-state index in [1.807, 2.05) is 0 Å². The predicted molar refractivity (Wildman–Crippen MR) is 89.6 cm³/mol. The molecular weight excluding hydrogens is 358 g/mol. The Morgan fingerprint density at radius 3 is 2.62 bits per heavy atom. The summed E-state index contributed by atoms with van der Waals surface area (Å²) in [6, 6.07) is 3.56. The van der Waals surface area contributed by atoms with Crippen molar-refractivity contribution in [3.63, 3.8) is 0 Å². The van der Waals surface area contributed by atoms with Gasteiger partial charge < -0.3 is 9.05 Å². The molecule has 0 radical (unpaired) electrons. The molecule has 0 saturated carbocycles. The molecular formula is C16H17N5O4S. The summed E-state index contributed by atoms with van der Waals surface area (Å²) >= 11 is 0. The zero-order valence-electron chi connectivity index (χ0n) is 14.3. The van der Waals surface area contributed by atoms with Crippen LogP contribution in [0.25, 0.3) is 11.5 Å². The van der Waals surface area contributed by atoms with E-state index in [1.54, 1.807) is 38.4 Å². The molecule has 26 heavy (non-hydrogen) atoms. The molecule has 0 bridgehead atoms. The van der Waals surface area contributed by atoms with Crippen LogP contribution in [0, 0.1) is 13.8 Å². The maximum atomic E-state index is 12.9. The number of pyridine rings is 1. The Kier molecular flexibility index (Phi) is 4.08. The van der Waals surface area contributed by atoms with Gasteiger partial charge >= 0.3 is 0 Å². The van der Waals surface area contributed by atoms with Gasteiger partial charge in [-0.15, -0.1) is 0 Å². The van der Waals surface area contributed by atoms with E-state index in [0.717, 1.165) is 5.56 Å². The van der Waals surface area contributed by atoms with Crippen LogP contribution >= 0.6 is 0 Å². The summed E-state index contributed by atoms with van der Waals surface area (Å²) in [4.78, 5) is 8.52. The summed E-state index contributed by atoms with van der Waals surface area (Å²) in [5, 5.41) is 7.77. The first kappa shape index (κ1) is 16.9. The average molecular weight is 375 g/mol. The molecule has 136 valence electrons. The Balaban J connectivity index is 1.55. The average Bonchev–Trinajstić information content (AvgIpc) is 3.35.